The first kappa shape index (κ1) is 16.4. The molecule has 3 nitrogen and oxygen atoms in total. The Morgan fingerprint density at radius 1 is 1.14 bits per heavy atom. The summed E-state index contributed by atoms with van der Waals surface area (Å²) < 4.78 is 14.8. The van der Waals surface area contributed by atoms with E-state index >= 15 is 0 Å². The minimum absolute atomic E-state index is 0.0771. The average molecular weight is 302 g/mol. The van der Waals surface area contributed by atoms with Gasteiger partial charge in [-0.2, -0.15) is 0 Å². The van der Waals surface area contributed by atoms with Crippen molar-refractivity contribution in [3.8, 4) is 0 Å². The van der Waals surface area contributed by atoms with Crippen molar-refractivity contribution in [2.75, 3.05) is 0 Å². The molecule has 1 heterocycles. The van der Waals surface area contributed by atoms with Gasteiger partial charge in [-0.25, -0.2) is 4.39 Å². The molecule has 0 aliphatic carbocycles. The molecule has 22 heavy (non-hydrogen) atoms. The molecule has 2 N–H and O–H groups in total. The molecule has 0 amide bonds. The Balaban J connectivity index is 2.53. The van der Waals surface area contributed by atoms with Crippen molar-refractivity contribution in [2.24, 2.45) is 5.73 Å². The fraction of sp³-hybridized carbons (Fsp3) is 0.389. The number of rotatable bonds is 3. The summed E-state index contributed by atoms with van der Waals surface area (Å²) in [5.74, 6) is -0.315. The molecule has 0 spiro atoms. The molecule has 1 unspecified atom stereocenters. The maximum Gasteiger partial charge on any atom is 0.255 e. The molecule has 0 bridgehead atoms. The van der Waals surface area contributed by atoms with Gasteiger partial charge in [0, 0.05) is 23.2 Å². The van der Waals surface area contributed by atoms with Crippen LogP contribution < -0.4 is 11.3 Å². The van der Waals surface area contributed by atoms with Crippen molar-refractivity contribution in [3.63, 3.8) is 0 Å². The van der Waals surface area contributed by atoms with Crippen molar-refractivity contribution in [2.45, 2.75) is 45.7 Å². The zero-order chi connectivity index (χ0) is 16.5. The lowest BCUT2D eigenvalue weighted by Crippen LogP contribution is -2.33. The molecule has 0 saturated carbocycles. The smallest absolute Gasteiger partial charge is 0.255 e. The molecule has 4 heteroatoms. The number of nitrogens with two attached hydrogens (primary N) is 1. The van der Waals surface area contributed by atoms with Crippen LogP contribution in [0.25, 0.3) is 0 Å². The zero-order valence-corrected chi connectivity index (χ0v) is 13.6. The van der Waals surface area contributed by atoms with Crippen LogP contribution in [0.1, 0.15) is 50.6 Å². The van der Waals surface area contributed by atoms with Gasteiger partial charge < -0.3 is 10.3 Å². The average Bonchev–Trinajstić information content (AvgIpc) is 2.46. The molecule has 1 atom stereocenters. The van der Waals surface area contributed by atoms with Crippen molar-refractivity contribution < 1.29 is 4.39 Å². The van der Waals surface area contributed by atoms with Crippen molar-refractivity contribution in [3.05, 3.63) is 69.4 Å². The van der Waals surface area contributed by atoms with Crippen LogP contribution in [0, 0.1) is 5.82 Å². The molecule has 1 aromatic heterocycles. The van der Waals surface area contributed by atoms with Crippen LogP contribution >= 0.6 is 0 Å². The first-order chi connectivity index (χ1) is 10.3. The van der Waals surface area contributed by atoms with E-state index in [0.29, 0.717) is 12.1 Å². The van der Waals surface area contributed by atoms with E-state index < -0.39 is 6.04 Å². The quantitative estimate of drug-likeness (QED) is 0.945. The van der Waals surface area contributed by atoms with Crippen molar-refractivity contribution in [1.82, 2.24) is 4.57 Å². The fourth-order valence-corrected chi connectivity index (χ4v) is 2.65. The standard InChI is InChI=1S/C18H23FN2O/c1-5-21-15(18(2,3)4)11-10-14(17(21)22)16(20)12-6-8-13(19)9-7-12/h6-11,16H,5,20H2,1-4H3. The SMILES string of the molecule is CCn1c(C(C)(C)C)ccc(C(N)c2ccc(F)cc2)c1=O. The highest BCUT2D eigenvalue weighted by molar-refractivity contribution is 5.32. The maximum absolute atomic E-state index is 13.0. The highest BCUT2D eigenvalue weighted by Gasteiger charge is 2.21. The summed E-state index contributed by atoms with van der Waals surface area (Å²) in [7, 11) is 0. The highest BCUT2D eigenvalue weighted by Crippen LogP contribution is 2.23. The van der Waals surface area contributed by atoms with Crippen LogP contribution in [0.15, 0.2) is 41.2 Å². The predicted octanol–water partition coefficient (Wildman–Crippen LogP) is 3.35. The van der Waals surface area contributed by atoms with Crippen LogP contribution in [0.3, 0.4) is 0 Å². The first-order valence-corrected chi connectivity index (χ1v) is 7.51. The number of hydrogen-bond acceptors (Lipinski definition) is 2. The van der Waals surface area contributed by atoms with Gasteiger partial charge in [0.25, 0.3) is 5.56 Å². The van der Waals surface area contributed by atoms with Gasteiger partial charge in [-0.05, 0) is 36.8 Å². The van der Waals surface area contributed by atoms with Crippen LogP contribution in [0.2, 0.25) is 0 Å². The summed E-state index contributed by atoms with van der Waals surface area (Å²) in [6.07, 6.45) is 0. The van der Waals surface area contributed by atoms with E-state index in [2.05, 4.69) is 20.8 Å². The van der Waals surface area contributed by atoms with Gasteiger partial charge in [0.2, 0.25) is 0 Å². The van der Waals surface area contributed by atoms with Crippen LogP contribution in [-0.2, 0) is 12.0 Å². The van der Waals surface area contributed by atoms with Gasteiger partial charge >= 0.3 is 0 Å². The number of pyridine rings is 1. The second-order valence-electron chi connectivity index (χ2n) is 6.50. The summed E-state index contributed by atoms with van der Waals surface area (Å²) in [4.78, 5) is 12.8. The Bertz CT molecular complexity index is 711. The van der Waals surface area contributed by atoms with E-state index in [1.807, 2.05) is 13.0 Å². The number of hydrogen-bond donors (Lipinski definition) is 1. The zero-order valence-electron chi connectivity index (χ0n) is 13.6. The molecule has 0 saturated heterocycles. The summed E-state index contributed by atoms with van der Waals surface area (Å²) in [6.45, 7) is 8.77. The molecule has 0 aliphatic heterocycles. The Morgan fingerprint density at radius 2 is 1.73 bits per heavy atom. The van der Waals surface area contributed by atoms with Crippen molar-refractivity contribution in [1.29, 1.82) is 0 Å². The van der Waals surface area contributed by atoms with Gasteiger partial charge in [0.05, 0.1) is 6.04 Å². The topological polar surface area (TPSA) is 48.0 Å². The summed E-state index contributed by atoms with van der Waals surface area (Å²) >= 11 is 0. The van der Waals surface area contributed by atoms with E-state index in [9.17, 15) is 9.18 Å². The van der Waals surface area contributed by atoms with E-state index in [4.69, 9.17) is 5.73 Å². The summed E-state index contributed by atoms with van der Waals surface area (Å²) in [5.41, 5.74) is 8.26. The molecule has 2 aromatic rings. The molecule has 0 fully saturated rings. The highest BCUT2D eigenvalue weighted by atomic mass is 19.1. The second kappa shape index (κ2) is 6.05. The van der Waals surface area contributed by atoms with E-state index in [0.717, 1.165) is 11.3 Å². The number of aromatic nitrogens is 1. The number of nitrogens with zero attached hydrogens (tertiary/aromatic N) is 1. The predicted molar refractivity (Wildman–Crippen MR) is 87.5 cm³/mol. The largest absolute Gasteiger partial charge is 0.320 e. The maximum atomic E-state index is 13.0. The molecule has 118 valence electrons. The molecule has 0 radical (unpaired) electrons. The Hall–Kier alpha value is -1.94. The lowest BCUT2D eigenvalue weighted by atomic mass is 9.90. The van der Waals surface area contributed by atoms with E-state index in [1.54, 1.807) is 22.8 Å². The Labute approximate surface area is 130 Å². The van der Waals surface area contributed by atoms with Crippen LogP contribution in [0.4, 0.5) is 4.39 Å². The van der Waals surface area contributed by atoms with E-state index in [1.165, 1.54) is 12.1 Å². The molecular weight excluding hydrogens is 279 g/mol. The molecule has 0 aliphatic rings. The van der Waals surface area contributed by atoms with Gasteiger partial charge in [-0.15, -0.1) is 0 Å². The van der Waals surface area contributed by atoms with Gasteiger partial charge in [-0.3, -0.25) is 4.79 Å². The fourth-order valence-electron chi connectivity index (χ4n) is 2.65. The summed E-state index contributed by atoms with van der Waals surface area (Å²) in [5, 5.41) is 0. The van der Waals surface area contributed by atoms with Gasteiger partial charge in [0.15, 0.2) is 0 Å². The Morgan fingerprint density at radius 3 is 2.23 bits per heavy atom. The number of halogens is 1. The van der Waals surface area contributed by atoms with Gasteiger partial charge in [-0.1, -0.05) is 32.9 Å². The summed E-state index contributed by atoms with van der Waals surface area (Å²) in [6, 6.07) is 9.15. The molecule has 2 rings (SSSR count). The Kier molecular flexibility index (Phi) is 4.52. The number of benzene rings is 1. The third-order valence-electron chi connectivity index (χ3n) is 3.85. The molecule has 1 aromatic carbocycles. The minimum Gasteiger partial charge on any atom is -0.320 e. The molecular formula is C18H23FN2O. The van der Waals surface area contributed by atoms with Crippen LogP contribution in [0.5, 0.6) is 0 Å². The normalized spacial score (nSPS) is 13.2. The van der Waals surface area contributed by atoms with Crippen LogP contribution in [-0.4, -0.2) is 4.57 Å². The monoisotopic (exact) mass is 302 g/mol. The second-order valence-corrected chi connectivity index (χ2v) is 6.50. The third kappa shape index (κ3) is 3.12. The first-order valence-electron chi connectivity index (χ1n) is 7.51. The lowest BCUT2D eigenvalue weighted by molar-refractivity contribution is 0.507. The lowest BCUT2D eigenvalue weighted by Gasteiger charge is -2.25. The minimum atomic E-state index is -0.556. The third-order valence-corrected chi connectivity index (χ3v) is 3.85. The van der Waals surface area contributed by atoms with Gasteiger partial charge in [0.1, 0.15) is 5.82 Å². The van der Waals surface area contributed by atoms with E-state index in [-0.39, 0.29) is 16.8 Å². The van der Waals surface area contributed by atoms with Crippen molar-refractivity contribution >= 4 is 0 Å².